The smallest absolute Gasteiger partial charge is 0.252 e. The summed E-state index contributed by atoms with van der Waals surface area (Å²) >= 11 is 8.45. The molecule has 2 nitrogen and oxygen atoms in total. The van der Waals surface area contributed by atoms with Crippen LogP contribution in [0.3, 0.4) is 0 Å². The van der Waals surface area contributed by atoms with E-state index in [-0.39, 0.29) is 11.9 Å². The highest BCUT2D eigenvalue weighted by atomic mass is 79.9. The first-order chi connectivity index (χ1) is 7.54. The number of carbonyl (C=O) groups excluding carboxylic acids is 1. The lowest BCUT2D eigenvalue weighted by Crippen LogP contribution is -2.34. The van der Waals surface area contributed by atoms with Crippen LogP contribution >= 0.6 is 43.6 Å². The monoisotopic (exact) mass is 365 g/mol. The molecule has 1 atom stereocenters. The Morgan fingerprint density at radius 1 is 1.50 bits per heavy atom. The predicted octanol–water partition coefficient (Wildman–Crippen LogP) is 3.69. The van der Waals surface area contributed by atoms with Crippen LogP contribution in [0.15, 0.2) is 27.1 Å². The second kappa shape index (κ2) is 6.67. The zero-order chi connectivity index (χ0) is 12.1. The fourth-order valence-electron chi connectivity index (χ4n) is 1.26. The maximum absolute atomic E-state index is 11.9. The van der Waals surface area contributed by atoms with Gasteiger partial charge in [-0.2, -0.15) is 11.8 Å². The predicted molar refractivity (Wildman–Crippen MR) is 77.2 cm³/mol. The van der Waals surface area contributed by atoms with Gasteiger partial charge in [0.15, 0.2) is 0 Å². The van der Waals surface area contributed by atoms with E-state index in [1.165, 1.54) is 0 Å². The Hall–Kier alpha value is -0.000000000000000111. The first-order valence-corrected chi connectivity index (χ1v) is 7.77. The summed E-state index contributed by atoms with van der Waals surface area (Å²) in [4.78, 5) is 11.9. The highest BCUT2D eigenvalue weighted by molar-refractivity contribution is 9.11. The molecule has 0 aliphatic rings. The molecule has 0 aliphatic carbocycles. The number of benzene rings is 1. The summed E-state index contributed by atoms with van der Waals surface area (Å²) in [5.41, 5.74) is 0.655. The number of carbonyl (C=O) groups is 1. The third-order valence-electron chi connectivity index (χ3n) is 1.97. The minimum absolute atomic E-state index is 0.0466. The van der Waals surface area contributed by atoms with Gasteiger partial charge < -0.3 is 5.32 Å². The van der Waals surface area contributed by atoms with Gasteiger partial charge in [0.2, 0.25) is 0 Å². The van der Waals surface area contributed by atoms with Gasteiger partial charge in [0, 0.05) is 20.7 Å². The van der Waals surface area contributed by atoms with Crippen LogP contribution < -0.4 is 5.32 Å². The molecule has 0 radical (unpaired) electrons. The lowest BCUT2D eigenvalue weighted by atomic mass is 10.2. The molecule has 1 N–H and O–H groups in total. The Bertz CT molecular complexity index is 384. The molecule has 88 valence electrons. The fraction of sp³-hybridized carbons (Fsp3) is 0.364. The number of hydrogen-bond acceptors (Lipinski definition) is 2. The number of amides is 1. The number of hydrogen-bond donors (Lipinski definition) is 1. The molecule has 1 aromatic rings. The Labute approximate surface area is 117 Å². The van der Waals surface area contributed by atoms with E-state index in [1.807, 2.05) is 31.4 Å². The van der Waals surface area contributed by atoms with Crippen LogP contribution in [0.25, 0.3) is 0 Å². The minimum atomic E-state index is -0.0466. The molecular formula is C11H13Br2NOS. The fourth-order valence-corrected chi connectivity index (χ4v) is 2.64. The van der Waals surface area contributed by atoms with E-state index in [0.29, 0.717) is 5.56 Å². The number of nitrogens with one attached hydrogen (secondary N) is 1. The van der Waals surface area contributed by atoms with E-state index in [2.05, 4.69) is 37.2 Å². The third-order valence-corrected chi connectivity index (χ3v) is 3.99. The maximum atomic E-state index is 11.9. The lowest BCUT2D eigenvalue weighted by Gasteiger charge is -2.13. The van der Waals surface area contributed by atoms with E-state index in [0.717, 1.165) is 14.7 Å². The molecule has 1 amide bonds. The Morgan fingerprint density at radius 3 is 2.81 bits per heavy atom. The van der Waals surface area contributed by atoms with Crippen LogP contribution in [0.5, 0.6) is 0 Å². The zero-order valence-electron chi connectivity index (χ0n) is 9.09. The quantitative estimate of drug-likeness (QED) is 0.880. The molecule has 0 aromatic heterocycles. The van der Waals surface area contributed by atoms with Gasteiger partial charge in [-0.1, -0.05) is 15.9 Å². The Balaban J connectivity index is 2.76. The lowest BCUT2D eigenvalue weighted by molar-refractivity contribution is 0.0943. The van der Waals surface area contributed by atoms with Crippen molar-refractivity contribution in [1.29, 1.82) is 0 Å². The molecule has 1 rings (SSSR count). The van der Waals surface area contributed by atoms with Gasteiger partial charge in [-0.05, 0) is 47.3 Å². The molecule has 16 heavy (non-hydrogen) atoms. The van der Waals surface area contributed by atoms with Gasteiger partial charge in [0.1, 0.15) is 0 Å². The molecule has 0 fully saturated rings. The van der Waals surface area contributed by atoms with Crippen molar-refractivity contribution in [3.8, 4) is 0 Å². The maximum Gasteiger partial charge on any atom is 0.252 e. The second-order valence-electron chi connectivity index (χ2n) is 3.45. The van der Waals surface area contributed by atoms with Crippen molar-refractivity contribution in [2.75, 3.05) is 12.0 Å². The summed E-state index contributed by atoms with van der Waals surface area (Å²) in [5, 5.41) is 2.95. The van der Waals surface area contributed by atoms with Crippen LogP contribution in [0.2, 0.25) is 0 Å². The molecule has 0 heterocycles. The summed E-state index contributed by atoms with van der Waals surface area (Å²) in [5.74, 6) is 0.867. The van der Waals surface area contributed by atoms with E-state index >= 15 is 0 Å². The topological polar surface area (TPSA) is 29.1 Å². The van der Waals surface area contributed by atoms with Crippen molar-refractivity contribution in [2.24, 2.45) is 0 Å². The van der Waals surface area contributed by atoms with Crippen LogP contribution in [0.4, 0.5) is 0 Å². The number of thioether (sulfide) groups is 1. The summed E-state index contributed by atoms with van der Waals surface area (Å²) < 4.78 is 1.71. The molecule has 0 bridgehead atoms. The molecule has 1 unspecified atom stereocenters. The normalized spacial score (nSPS) is 12.2. The molecule has 1 aromatic carbocycles. The summed E-state index contributed by atoms with van der Waals surface area (Å²) in [6.07, 6.45) is 2.03. The summed E-state index contributed by atoms with van der Waals surface area (Å²) in [6, 6.07) is 5.74. The van der Waals surface area contributed by atoms with E-state index < -0.39 is 0 Å². The van der Waals surface area contributed by atoms with Crippen molar-refractivity contribution in [3.63, 3.8) is 0 Å². The first kappa shape index (κ1) is 14.1. The summed E-state index contributed by atoms with van der Waals surface area (Å²) in [6.45, 7) is 2.00. The van der Waals surface area contributed by atoms with Crippen molar-refractivity contribution in [1.82, 2.24) is 5.32 Å². The SMILES string of the molecule is CSCC(C)NC(=O)c1cc(Br)ccc1Br. The number of rotatable bonds is 4. The van der Waals surface area contributed by atoms with Gasteiger partial charge in [-0.15, -0.1) is 0 Å². The highest BCUT2D eigenvalue weighted by Gasteiger charge is 2.12. The summed E-state index contributed by atoms with van der Waals surface area (Å²) in [7, 11) is 0. The minimum Gasteiger partial charge on any atom is -0.349 e. The second-order valence-corrected chi connectivity index (χ2v) is 6.13. The first-order valence-electron chi connectivity index (χ1n) is 4.79. The molecule has 0 saturated carbocycles. The van der Waals surface area contributed by atoms with Crippen LogP contribution in [0, 0.1) is 0 Å². The molecule has 0 spiro atoms. The van der Waals surface area contributed by atoms with Crippen LogP contribution in [-0.2, 0) is 0 Å². The van der Waals surface area contributed by atoms with E-state index in [1.54, 1.807) is 11.8 Å². The van der Waals surface area contributed by atoms with Crippen LogP contribution in [0.1, 0.15) is 17.3 Å². The zero-order valence-corrected chi connectivity index (χ0v) is 13.1. The largest absolute Gasteiger partial charge is 0.349 e. The molecule has 5 heteroatoms. The van der Waals surface area contributed by atoms with Crippen molar-refractivity contribution in [2.45, 2.75) is 13.0 Å². The average molecular weight is 367 g/mol. The van der Waals surface area contributed by atoms with Gasteiger partial charge in [-0.3, -0.25) is 4.79 Å². The molecule has 0 saturated heterocycles. The van der Waals surface area contributed by atoms with Gasteiger partial charge >= 0.3 is 0 Å². The van der Waals surface area contributed by atoms with Crippen LogP contribution in [-0.4, -0.2) is 24.0 Å². The third kappa shape index (κ3) is 4.11. The highest BCUT2D eigenvalue weighted by Crippen LogP contribution is 2.21. The van der Waals surface area contributed by atoms with Crippen molar-refractivity contribution < 1.29 is 4.79 Å². The molecule has 0 aliphatic heterocycles. The average Bonchev–Trinajstić information content (AvgIpc) is 2.21. The number of halogens is 2. The van der Waals surface area contributed by atoms with E-state index in [4.69, 9.17) is 0 Å². The van der Waals surface area contributed by atoms with E-state index in [9.17, 15) is 4.79 Å². The van der Waals surface area contributed by atoms with Crippen molar-refractivity contribution in [3.05, 3.63) is 32.7 Å². The van der Waals surface area contributed by atoms with Crippen molar-refractivity contribution >= 4 is 49.5 Å². The Kier molecular flexibility index (Phi) is 5.86. The molecular weight excluding hydrogens is 354 g/mol. The van der Waals surface area contributed by atoms with Gasteiger partial charge in [0.05, 0.1) is 5.56 Å². The van der Waals surface area contributed by atoms with Gasteiger partial charge in [0.25, 0.3) is 5.91 Å². The van der Waals surface area contributed by atoms with Gasteiger partial charge in [-0.25, -0.2) is 0 Å². The standard InChI is InChI=1S/C11H13Br2NOS/c1-7(6-16-2)14-11(15)9-5-8(12)3-4-10(9)13/h3-5,7H,6H2,1-2H3,(H,14,15). The Morgan fingerprint density at radius 2 is 2.19 bits per heavy atom.